The van der Waals surface area contributed by atoms with Crippen molar-refractivity contribution in [1.82, 2.24) is 0 Å². The van der Waals surface area contributed by atoms with Gasteiger partial charge in [0.1, 0.15) is 5.75 Å². The molecule has 1 aromatic rings. The lowest BCUT2D eigenvalue weighted by Crippen LogP contribution is -2.25. The van der Waals surface area contributed by atoms with Crippen LogP contribution in [-0.4, -0.2) is 19.0 Å². The minimum atomic E-state index is -0.252. The number of nitrogens with zero attached hydrogens (tertiary/aromatic N) is 1. The molecule has 1 amide bonds. The van der Waals surface area contributed by atoms with Crippen LogP contribution >= 0.6 is 0 Å². The second kappa shape index (κ2) is 4.57. The van der Waals surface area contributed by atoms with E-state index in [1.807, 2.05) is 38.1 Å². The van der Waals surface area contributed by atoms with Gasteiger partial charge < -0.3 is 16.2 Å². The van der Waals surface area contributed by atoms with E-state index in [-0.39, 0.29) is 29.1 Å². The highest BCUT2D eigenvalue weighted by Gasteiger charge is 2.62. The summed E-state index contributed by atoms with van der Waals surface area (Å²) in [6, 6.07) is 7.75. The van der Waals surface area contributed by atoms with Crippen molar-refractivity contribution >= 4 is 11.9 Å². The van der Waals surface area contributed by atoms with Crippen molar-refractivity contribution in [2.75, 3.05) is 7.11 Å². The lowest BCUT2D eigenvalue weighted by molar-refractivity contribution is -0.119. The average molecular weight is 261 g/mol. The number of carbonyl (C=O) groups is 1. The molecule has 0 aliphatic heterocycles. The van der Waals surface area contributed by atoms with E-state index in [4.69, 9.17) is 16.2 Å². The summed E-state index contributed by atoms with van der Waals surface area (Å²) in [6.07, 6.45) is 0. The maximum absolute atomic E-state index is 12.0. The largest absolute Gasteiger partial charge is 0.497 e. The van der Waals surface area contributed by atoms with Gasteiger partial charge >= 0.3 is 0 Å². The van der Waals surface area contributed by atoms with E-state index in [0.29, 0.717) is 0 Å². The molecule has 2 atom stereocenters. The third-order valence-corrected chi connectivity index (χ3v) is 3.79. The summed E-state index contributed by atoms with van der Waals surface area (Å²) in [4.78, 5) is 15.6. The van der Waals surface area contributed by atoms with Crippen LogP contribution in [0.15, 0.2) is 29.3 Å². The molecule has 0 unspecified atom stereocenters. The minimum absolute atomic E-state index is 0.123. The summed E-state index contributed by atoms with van der Waals surface area (Å²) in [5, 5.41) is 0. The zero-order valence-electron chi connectivity index (χ0n) is 11.4. The molecule has 19 heavy (non-hydrogen) atoms. The molecule has 0 aromatic heterocycles. The third kappa shape index (κ3) is 2.41. The van der Waals surface area contributed by atoms with Gasteiger partial charge in [-0.2, -0.15) is 4.99 Å². The fraction of sp³-hybridized carbons (Fsp3) is 0.429. The van der Waals surface area contributed by atoms with Crippen molar-refractivity contribution in [1.29, 1.82) is 0 Å². The quantitative estimate of drug-likeness (QED) is 0.632. The number of nitrogens with two attached hydrogens (primary N) is 2. The Morgan fingerprint density at radius 1 is 1.37 bits per heavy atom. The van der Waals surface area contributed by atoms with E-state index in [0.717, 1.165) is 11.3 Å². The number of hydrogen-bond acceptors (Lipinski definition) is 2. The highest BCUT2D eigenvalue weighted by atomic mass is 16.5. The zero-order valence-corrected chi connectivity index (χ0v) is 11.4. The van der Waals surface area contributed by atoms with Gasteiger partial charge in [0.15, 0.2) is 5.96 Å². The minimum Gasteiger partial charge on any atom is -0.497 e. The van der Waals surface area contributed by atoms with Crippen LogP contribution in [-0.2, 0) is 4.79 Å². The lowest BCUT2D eigenvalue weighted by atomic mass is 10.0. The predicted octanol–water partition coefficient (Wildman–Crippen LogP) is 1.23. The normalized spacial score (nSPS) is 23.5. The maximum Gasteiger partial charge on any atom is 0.253 e. The molecule has 2 rings (SSSR count). The smallest absolute Gasteiger partial charge is 0.253 e. The van der Waals surface area contributed by atoms with E-state index in [2.05, 4.69) is 4.99 Å². The summed E-state index contributed by atoms with van der Waals surface area (Å²) in [5.41, 5.74) is 11.5. The Hall–Kier alpha value is -2.04. The van der Waals surface area contributed by atoms with Crippen molar-refractivity contribution in [3.05, 3.63) is 29.8 Å². The Morgan fingerprint density at radius 2 is 2.05 bits per heavy atom. The first kappa shape index (κ1) is 13.4. The molecule has 1 aromatic carbocycles. The molecule has 5 nitrogen and oxygen atoms in total. The molecule has 0 spiro atoms. The highest BCUT2D eigenvalue weighted by molar-refractivity contribution is 5.95. The van der Waals surface area contributed by atoms with Gasteiger partial charge in [0.25, 0.3) is 5.91 Å². The van der Waals surface area contributed by atoms with Gasteiger partial charge in [0, 0.05) is 5.92 Å². The first-order valence-electron chi connectivity index (χ1n) is 6.15. The van der Waals surface area contributed by atoms with Crippen LogP contribution in [0.4, 0.5) is 0 Å². The van der Waals surface area contributed by atoms with Crippen LogP contribution in [0.5, 0.6) is 5.75 Å². The second-order valence-electron chi connectivity index (χ2n) is 5.43. The first-order chi connectivity index (χ1) is 8.87. The molecule has 1 fully saturated rings. The number of ether oxygens (including phenoxy) is 1. The van der Waals surface area contributed by atoms with Crippen molar-refractivity contribution in [2.45, 2.75) is 19.8 Å². The molecular weight excluding hydrogens is 242 g/mol. The number of hydrogen-bond donors (Lipinski definition) is 2. The van der Waals surface area contributed by atoms with Gasteiger partial charge in [-0.15, -0.1) is 0 Å². The SMILES string of the molecule is COc1cccc([C@H]2[C@H](C(=O)N=C(N)N)C2(C)C)c1. The molecule has 0 radical (unpaired) electrons. The summed E-state index contributed by atoms with van der Waals surface area (Å²) in [7, 11) is 1.62. The molecular formula is C14H19N3O2. The Balaban J connectivity index is 2.26. The van der Waals surface area contributed by atoms with Crippen LogP contribution in [0.1, 0.15) is 25.3 Å². The molecule has 0 saturated heterocycles. The van der Waals surface area contributed by atoms with E-state index < -0.39 is 0 Å². The van der Waals surface area contributed by atoms with E-state index >= 15 is 0 Å². The van der Waals surface area contributed by atoms with Crippen molar-refractivity contribution in [3.8, 4) is 5.75 Å². The fourth-order valence-corrected chi connectivity index (χ4v) is 2.75. The van der Waals surface area contributed by atoms with Crippen LogP contribution in [0, 0.1) is 11.3 Å². The average Bonchev–Trinajstić information content (AvgIpc) is 2.91. The lowest BCUT2D eigenvalue weighted by Gasteiger charge is -2.05. The van der Waals surface area contributed by atoms with Gasteiger partial charge in [-0.25, -0.2) is 0 Å². The van der Waals surface area contributed by atoms with Crippen molar-refractivity contribution in [2.24, 2.45) is 27.8 Å². The van der Waals surface area contributed by atoms with Crippen molar-refractivity contribution < 1.29 is 9.53 Å². The number of methoxy groups -OCH3 is 1. The molecule has 5 heteroatoms. The molecule has 1 saturated carbocycles. The molecule has 0 heterocycles. The summed E-state index contributed by atoms with van der Waals surface area (Å²) < 4.78 is 5.21. The second-order valence-corrected chi connectivity index (χ2v) is 5.43. The maximum atomic E-state index is 12.0. The Labute approximate surface area is 112 Å². The van der Waals surface area contributed by atoms with Crippen LogP contribution < -0.4 is 16.2 Å². The number of carbonyl (C=O) groups excluding carboxylic acids is 1. The summed E-state index contributed by atoms with van der Waals surface area (Å²) in [6.45, 7) is 4.09. The zero-order chi connectivity index (χ0) is 14.2. The third-order valence-electron chi connectivity index (χ3n) is 3.79. The number of guanidine groups is 1. The van der Waals surface area contributed by atoms with Crippen molar-refractivity contribution in [3.63, 3.8) is 0 Å². The van der Waals surface area contributed by atoms with Gasteiger partial charge in [0.2, 0.25) is 0 Å². The molecule has 4 N–H and O–H groups in total. The molecule has 1 aliphatic rings. The van der Waals surface area contributed by atoms with Gasteiger partial charge in [-0.3, -0.25) is 4.79 Å². The van der Waals surface area contributed by atoms with E-state index in [1.165, 1.54) is 0 Å². The van der Waals surface area contributed by atoms with Gasteiger partial charge in [0.05, 0.1) is 13.0 Å². The number of amides is 1. The Morgan fingerprint density at radius 3 is 2.63 bits per heavy atom. The summed E-state index contributed by atoms with van der Waals surface area (Å²) >= 11 is 0. The highest BCUT2D eigenvalue weighted by Crippen LogP contribution is 2.65. The Bertz CT molecular complexity index is 533. The first-order valence-corrected chi connectivity index (χ1v) is 6.15. The summed E-state index contributed by atoms with van der Waals surface area (Å²) in [5.74, 6) is 0.294. The topological polar surface area (TPSA) is 90.7 Å². The van der Waals surface area contributed by atoms with Gasteiger partial charge in [-0.1, -0.05) is 26.0 Å². The van der Waals surface area contributed by atoms with E-state index in [1.54, 1.807) is 7.11 Å². The number of rotatable bonds is 3. The van der Waals surface area contributed by atoms with E-state index in [9.17, 15) is 4.79 Å². The van der Waals surface area contributed by atoms with Crippen LogP contribution in [0.25, 0.3) is 0 Å². The van der Waals surface area contributed by atoms with Crippen LogP contribution in [0.3, 0.4) is 0 Å². The monoisotopic (exact) mass is 261 g/mol. The Kier molecular flexibility index (Phi) is 3.22. The standard InChI is InChI=1S/C14H19N3O2/c1-14(2)10(11(14)12(18)17-13(15)16)8-5-4-6-9(7-8)19-3/h4-7,10-11H,1-3H3,(H4,15,16,17,18)/t10-,11+/m0/s1. The number of aliphatic imine (C=N–C) groups is 1. The number of benzene rings is 1. The molecule has 1 aliphatic carbocycles. The van der Waals surface area contributed by atoms with Gasteiger partial charge in [-0.05, 0) is 23.1 Å². The predicted molar refractivity (Wildman–Crippen MR) is 73.8 cm³/mol. The fourth-order valence-electron chi connectivity index (χ4n) is 2.75. The molecule has 0 bridgehead atoms. The van der Waals surface area contributed by atoms with Crippen LogP contribution in [0.2, 0.25) is 0 Å². The molecule has 102 valence electrons.